The van der Waals surface area contributed by atoms with E-state index in [0.717, 1.165) is 0 Å². The van der Waals surface area contributed by atoms with Gasteiger partial charge in [-0.1, -0.05) is 17.7 Å². The summed E-state index contributed by atoms with van der Waals surface area (Å²) in [5.74, 6) is 0.355. The van der Waals surface area contributed by atoms with Gasteiger partial charge in [0.05, 0.1) is 36.8 Å². The number of piperazine rings is 1. The largest absolute Gasteiger partial charge is 0.466 e. The van der Waals surface area contributed by atoms with E-state index < -0.39 is 27.9 Å². The van der Waals surface area contributed by atoms with Crippen LogP contribution in [0, 0.1) is 5.82 Å². The Hall–Kier alpha value is -4.91. The number of benzene rings is 3. The van der Waals surface area contributed by atoms with Crippen molar-refractivity contribution < 1.29 is 36.6 Å². The third kappa shape index (κ3) is 7.62. The molecule has 0 saturated carbocycles. The number of halogens is 2. The number of hydrogen-bond donors (Lipinski definition) is 1. The fourth-order valence-corrected chi connectivity index (χ4v) is 9.53. The van der Waals surface area contributed by atoms with E-state index in [4.69, 9.17) is 30.8 Å². The van der Waals surface area contributed by atoms with Crippen molar-refractivity contribution in [1.82, 2.24) is 24.4 Å². The predicted molar refractivity (Wildman–Crippen MR) is 207 cm³/mol. The highest BCUT2D eigenvalue weighted by Crippen LogP contribution is 2.37. The average Bonchev–Trinajstić information content (AvgIpc) is 3.87. The van der Waals surface area contributed by atoms with Crippen LogP contribution >= 0.6 is 22.9 Å². The summed E-state index contributed by atoms with van der Waals surface area (Å²) in [6.07, 6.45) is 1.66. The number of aromatic nitrogens is 1. The molecule has 3 fully saturated rings. The highest BCUT2D eigenvalue weighted by Gasteiger charge is 2.42. The highest BCUT2D eigenvalue weighted by atomic mass is 35.5. The van der Waals surface area contributed by atoms with Gasteiger partial charge in [-0.25, -0.2) is 27.4 Å². The van der Waals surface area contributed by atoms with Crippen LogP contribution in [-0.2, 0) is 24.3 Å². The number of carbonyl (C=O) groups is 2. The number of amides is 2. The van der Waals surface area contributed by atoms with Gasteiger partial charge >= 0.3 is 12.0 Å². The zero-order valence-corrected chi connectivity index (χ0v) is 32.5. The maximum atomic E-state index is 14.1. The zero-order valence-electron chi connectivity index (χ0n) is 30.1. The Morgan fingerprint density at radius 2 is 1.75 bits per heavy atom. The van der Waals surface area contributed by atoms with E-state index in [1.54, 1.807) is 35.4 Å². The molecule has 4 aliphatic heterocycles. The number of ether oxygens (including phenoxy) is 3. The Morgan fingerprint density at radius 3 is 2.43 bits per heavy atom. The first kappa shape index (κ1) is 38.0. The second-order valence-corrected chi connectivity index (χ2v) is 16.7. The summed E-state index contributed by atoms with van der Waals surface area (Å²) in [4.78, 5) is 42.2. The number of thiazole rings is 1. The lowest BCUT2D eigenvalue weighted by Crippen LogP contribution is -2.53. The summed E-state index contributed by atoms with van der Waals surface area (Å²) in [5, 5.41) is 5.89. The van der Waals surface area contributed by atoms with Gasteiger partial charge < -0.3 is 24.4 Å². The molecule has 1 aromatic heterocycles. The minimum absolute atomic E-state index is 0.102. The fraction of sp³-hybridized carbons (Fsp3) is 0.316. The summed E-state index contributed by atoms with van der Waals surface area (Å²) in [6.45, 7) is 3.69. The number of nitrogens with zero attached hydrogens (tertiary/aromatic N) is 6. The monoisotopic (exact) mass is 821 g/mol. The third-order valence-electron chi connectivity index (χ3n) is 10.1. The second-order valence-electron chi connectivity index (χ2n) is 13.5. The van der Waals surface area contributed by atoms with Gasteiger partial charge in [-0.15, -0.1) is 11.3 Å². The number of morpholine rings is 1. The maximum Gasteiger partial charge on any atom is 0.338 e. The van der Waals surface area contributed by atoms with Crippen LogP contribution in [0.2, 0.25) is 5.02 Å². The number of esters is 1. The molecule has 5 heterocycles. The Bertz CT molecular complexity index is 2290. The van der Waals surface area contributed by atoms with E-state index in [-0.39, 0.29) is 27.6 Å². The number of methoxy groups -OCH3 is 1. The number of aliphatic imine (C=N–C) groups is 1. The molecule has 0 unspecified atom stereocenters. The Balaban J connectivity index is 0.954. The van der Waals surface area contributed by atoms with E-state index in [0.29, 0.717) is 98.3 Å². The fourth-order valence-electron chi connectivity index (χ4n) is 7.27. The molecule has 14 nitrogen and oxygen atoms in total. The third-order valence-corrected chi connectivity index (χ3v) is 13.1. The molecule has 4 aliphatic rings. The first-order chi connectivity index (χ1) is 27.1. The van der Waals surface area contributed by atoms with Crippen molar-refractivity contribution in [1.29, 1.82) is 0 Å². The van der Waals surface area contributed by atoms with Crippen molar-refractivity contribution >= 4 is 56.5 Å². The van der Waals surface area contributed by atoms with Crippen molar-refractivity contribution in [3.63, 3.8) is 0 Å². The van der Waals surface area contributed by atoms with Gasteiger partial charge in [-0.05, 0) is 60.7 Å². The topological polar surface area (TPSA) is 146 Å². The predicted octanol–water partition coefficient (Wildman–Crippen LogP) is 4.89. The number of carbonyl (C=O) groups excluding carboxylic acids is 2. The van der Waals surface area contributed by atoms with Crippen LogP contribution in [0.5, 0.6) is 11.5 Å². The standard InChI is InChI=1S/C38H37ClFN7O7S2/c1-52-37(48)33-32(42-35(36-41-12-19-55-36)43-34(33)30-11-2-24(40)20-31(30)39)23-44-13-14-46-26(21-44)22-47(38(46)49)25-3-5-27(6-4-25)54-28-7-9-29(10-8-28)56(50,51)45-15-17-53-18-16-45/h2-12,19-20,26,34H,13-18,21-23H2,1H3,(H,42,43)/t26-,34-/m0/s1. The molecule has 3 aromatic carbocycles. The minimum Gasteiger partial charge on any atom is -0.466 e. The molecule has 0 radical (unpaired) electrons. The molecule has 0 bridgehead atoms. The SMILES string of the molecule is COC(=O)C1=C(CN2CCN3C(=O)N(c4ccc(Oc5ccc(S(=O)(=O)N6CCOCC6)cc5)cc4)C[C@@H]3C2)NC(c2nccs2)=N[C@H]1c1ccc(F)cc1Cl. The molecular weight excluding hydrogens is 785 g/mol. The lowest BCUT2D eigenvalue weighted by Gasteiger charge is -2.38. The van der Waals surface area contributed by atoms with Crippen molar-refractivity contribution in [2.45, 2.75) is 17.0 Å². The van der Waals surface area contributed by atoms with Gasteiger partial charge in [0, 0.05) is 79.4 Å². The summed E-state index contributed by atoms with van der Waals surface area (Å²) in [6, 6.07) is 16.4. The van der Waals surface area contributed by atoms with Crippen molar-refractivity contribution in [3.05, 3.63) is 111 Å². The summed E-state index contributed by atoms with van der Waals surface area (Å²) in [7, 11) is -2.32. The molecule has 1 N–H and O–H groups in total. The number of anilines is 1. The van der Waals surface area contributed by atoms with Gasteiger partial charge in [0.15, 0.2) is 10.8 Å². The van der Waals surface area contributed by atoms with Crippen molar-refractivity contribution in [2.24, 2.45) is 4.99 Å². The van der Waals surface area contributed by atoms with Gasteiger partial charge in [0.25, 0.3) is 0 Å². The first-order valence-corrected chi connectivity index (χ1v) is 20.6. The molecule has 18 heteroatoms. The van der Waals surface area contributed by atoms with Crippen LogP contribution in [0.25, 0.3) is 0 Å². The molecule has 56 heavy (non-hydrogen) atoms. The van der Waals surface area contributed by atoms with E-state index >= 15 is 0 Å². The number of rotatable bonds is 10. The van der Waals surface area contributed by atoms with E-state index in [1.807, 2.05) is 22.4 Å². The van der Waals surface area contributed by atoms with Crippen LogP contribution < -0.4 is 15.0 Å². The second kappa shape index (κ2) is 15.9. The van der Waals surface area contributed by atoms with Gasteiger partial charge in [-0.2, -0.15) is 4.31 Å². The quantitative estimate of drug-likeness (QED) is 0.220. The minimum atomic E-state index is -3.62. The number of amidine groups is 1. The number of nitrogens with one attached hydrogen (secondary N) is 1. The molecule has 0 aliphatic carbocycles. The van der Waals surface area contributed by atoms with Crippen LogP contribution in [0.15, 0.2) is 99.5 Å². The van der Waals surface area contributed by atoms with Crippen LogP contribution in [-0.4, -0.2) is 118 Å². The van der Waals surface area contributed by atoms with E-state index in [9.17, 15) is 22.4 Å². The maximum absolute atomic E-state index is 14.1. The molecule has 292 valence electrons. The molecule has 0 spiro atoms. The van der Waals surface area contributed by atoms with Crippen molar-refractivity contribution in [3.8, 4) is 11.5 Å². The van der Waals surface area contributed by atoms with Gasteiger partial charge in [0.1, 0.15) is 23.4 Å². The summed E-state index contributed by atoms with van der Waals surface area (Å²) >= 11 is 7.90. The van der Waals surface area contributed by atoms with Crippen LogP contribution in [0.4, 0.5) is 14.9 Å². The van der Waals surface area contributed by atoms with Crippen molar-refractivity contribution in [2.75, 3.05) is 71.0 Å². The average molecular weight is 822 g/mol. The Labute approximate surface area is 331 Å². The number of fused-ring (bicyclic) bond motifs is 1. The van der Waals surface area contributed by atoms with Gasteiger partial charge in [-0.3, -0.25) is 14.8 Å². The smallest absolute Gasteiger partial charge is 0.338 e. The summed E-state index contributed by atoms with van der Waals surface area (Å²) in [5.41, 5.74) is 1.97. The van der Waals surface area contributed by atoms with Crippen LogP contribution in [0.3, 0.4) is 0 Å². The summed E-state index contributed by atoms with van der Waals surface area (Å²) < 4.78 is 58.0. The Morgan fingerprint density at radius 1 is 1.02 bits per heavy atom. The number of urea groups is 1. The molecule has 3 saturated heterocycles. The molecule has 2 atom stereocenters. The molecular formula is C38H37ClFN7O7S2. The number of hydrogen-bond acceptors (Lipinski definition) is 12. The normalized spacial score (nSPS) is 20.8. The molecule has 8 rings (SSSR count). The first-order valence-electron chi connectivity index (χ1n) is 17.9. The lowest BCUT2D eigenvalue weighted by atomic mass is 9.95. The molecule has 4 aromatic rings. The lowest BCUT2D eigenvalue weighted by molar-refractivity contribution is -0.136. The Kier molecular flexibility index (Phi) is 10.8. The van der Waals surface area contributed by atoms with Crippen LogP contribution in [0.1, 0.15) is 16.6 Å². The van der Waals surface area contributed by atoms with E-state index in [1.165, 1.54) is 53.1 Å². The highest BCUT2D eigenvalue weighted by molar-refractivity contribution is 7.89. The van der Waals surface area contributed by atoms with Gasteiger partial charge in [0.2, 0.25) is 10.0 Å². The zero-order chi connectivity index (χ0) is 39.0. The van der Waals surface area contributed by atoms with E-state index in [2.05, 4.69) is 15.2 Å². The molecule has 2 amide bonds. The number of sulfonamides is 1.